The van der Waals surface area contributed by atoms with Gasteiger partial charge in [0.2, 0.25) is 0 Å². The van der Waals surface area contributed by atoms with Crippen LogP contribution in [0.25, 0.3) is 0 Å². The van der Waals surface area contributed by atoms with Gasteiger partial charge in [-0.05, 0) is 54.4 Å². The molecule has 3 aromatic carbocycles. The molecular weight excluding hydrogens is 412 g/mol. The van der Waals surface area contributed by atoms with Gasteiger partial charge < -0.3 is 15.3 Å². The van der Waals surface area contributed by atoms with Crippen LogP contribution in [0.5, 0.6) is 0 Å². The normalized spacial score (nSPS) is 10.5. The number of carbonyl (C=O) groups excluding carboxylic acids is 1. The molecule has 0 aliphatic carbocycles. The van der Waals surface area contributed by atoms with Crippen LogP contribution < -0.4 is 10.2 Å². The summed E-state index contributed by atoms with van der Waals surface area (Å²) in [4.78, 5) is 26.6. The standard InChI is InChI=1S/C25H25ClN2O3/c1-2-3-15-28(17-18-7-5-4-6-8-18)23-14-11-20(25(30)31)16-22(23)27-24(29)19-9-12-21(26)13-10-19/h4-14,16H,2-3,15,17H2,1H3,(H,27,29)(H,30,31). The van der Waals surface area contributed by atoms with E-state index in [0.717, 1.165) is 30.6 Å². The number of amides is 1. The first-order valence-corrected chi connectivity index (χ1v) is 10.6. The van der Waals surface area contributed by atoms with Crippen LogP contribution in [0, 0.1) is 0 Å². The number of benzene rings is 3. The third kappa shape index (κ3) is 6.09. The summed E-state index contributed by atoms with van der Waals surface area (Å²) in [6.07, 6.45) is 1.99. The maximum absolute atomic E-state index is 12.8. The molecule has 0 fully saturated rings. The fraction of sp³-hybridized carbons (Fsp3) is 0.200. The second-order valence-electron chi connectivity index (χ2n) is 7.26. The molecule has 31 heavy (non-hydrogen) atoms. The third-order valence-electron chi connectivity index (χ3n) is 4.94. The van der Waals surface area contributed by atoms with Gasteiger partial charge in [0, 0.05) is 23.7 Å². The lowest BCUT2D eigenvalue weighted by Crippen LogP contribution is -2.26. The van der Waals surface area contributed by atoms with Crippen LogP contribution >= 0.6 is 11.6 Å². The molecule has 0 bridgehead atoms. The molecular formula is C25H25ClN2O3. The van der Waals surface area contributed by atoms with Crippen molar-refractivity contribution in [1.82, 2.24) is 0 Å². The van der Waals surface area contributed by atoms with E-state index in [-0.39, 0.29) is 11.5 Å². The molecule has 0 atom stereocenters. The Hall–Kier alpha value is -3.31. The molecule has 0 radical (unpaired) electrons. The summed E-state index contributed by atoms with van der Waals surface area (Å²) >= 11 is 5.92. The number of anilines is 2. The monoisotopic (exact) mass is 436 g/mol. The predicted octanol–water partition coefficient (Wildman–Crippen LogP) is 6.10. The molecule has 3 rings (SSSR count). The first kappa shape index (κ1) is 22.4. The molecule has 0 spiro atoms. The van der Waals surface area contributed by atoms with Crippen LogP contribution in [0.2, 0.25) is 5.02 Å². The molecule has 3 aromatic rings. The Bertz CT molecular complexity index is 1040. The van der Waals surface area contributed by atoms with Gasteiger partial charge in [-0.15, -0.1) is 0 Å². The van der Waals surface area contributed by atoms with E-state index in [0.29, 0.717) is 22.8 Å². The van der Waals surface area contributed by atoms with Crippen LogP contribution in [-0.4, -0.2) is 23.5 Å². The van der Waals surface area contributed by atoms with E-state index in [4.69, 9.17) is 11.6 Å². The number of nitrogens with one attached hydrogen (secondary N) is 1. The molecule has 0 unspecified atom stereocenters. The molecule has 0 saturated heterocycles. The van der Waals surface area contributed by atoms with Crippen molar-refractivity contribution >= 4 is 34.9 Å². The second-order valence-corrected chi connectivity index (χ2v) is 7.70. The first-order valence-electron chi connectivity index (χ1n) is 10.2. The number of carboxylic acids is 1. The third-order valence-corrected chi connectivity index (χ3v) is 5.19. The Labute approximate surface area is 187 Å². The van der Waals surface area contributed by atoms with Gasteiger partial charge in [-0.1, -0.05) is 55.3 Å². The van der Waals surface area contributed by atoms with Gasteiger partial charge in [0.15, 0.2) is 0 Å². The quantitative estimate of drug-likeness (QED) is 0.425. The summed E-state index contributed by atoms with van der Waals surface area (Å²) in [6, 6.07) is 21.5. The largest absolute Gasteiger partial charge is 0.478 e. The first-order chi connectivity index (χ1) is 15.0. The summed E-state index contributed by atoms with van der Waals surface area (Å²) in [5, 5.41) is 12.9. The highest BCUT2D eigenvalue weighted by atomic mass is 35.5. The number of aromatic carboxylic acids is 1. The van der Waals surface area contributed by atoms with Crippen LogP contribution in [0.1, 0.15) is 46.0 Å². The van der Waals surface area contributed by atoms with Crippen molar-refractivity contribution in [2.24, 2.45) is 0 Å². The van der Waals surface area contributed by atoms with Gasteiger partial charge in [0.25, 0.3) is 5.91 Å². The van der Waals surface area contributed by atoms with Gasteiger partial charge in [0.1, 0.15) is 0 Å². The number of hydrogen-bond donors (Lipinski definition) is 2. The molecule has 0 aromatic heterocycles. The zero-order valence-electron chi connectivity index (χ0n) is 17.3. The molecule has 0 saturated carbocycles. The Morgan fingerprint density at radius 1 is 0.968 bits per heavy atom. The Kier molecular flexibility index (Phi) is 7.68. The van der Waals surface area contributed by atoms with E-state index in [1.54, 1.807) is 36.4 Å². The maximum atomic E-state index is 12.8. The van der Waals surface area contributed by atoms with Crippen molar-refractivity contribution in [3.8, 4) is 0 Å². The number of carbonyl (C=O) groups is 2. The highest BCUT2D eigenvalue weighted by molar-refractivity contribution is 6.30. The maximum Gasteiger partial charge on any atom is 0.335 e. The van der Waals surface area contributed by atoms with Crippen LogP contribution in [0.4, 0.5) is 11.4 Å². The molecule has 6 heteroatoms. The highest BCUT2D eigenvalue weighted by Gasteiger charge is 2.17. The molecule has 2 N–H and O–H groups in total. The zero-order chi connectivity index (χ0) is 22.2. The number of nitrogens with zero attached hydrogens (tertiary/aromatic N) is 1. The van der Waals surface area contributed by atoms with Gasteiger partial charge in [-0.25, -0.2) is 4.79 Å². The minimum Gasteiger partial charge on any atom is -0.478 e. The minimum atomic E-state index is -1.04. The van der Waals surface area contributed by atoms with E-state index in [1.165, 1.54) is 6.07 Å². The smallest absolute Gasteiger partial charge is 0.335 e. The lowest BCUT2D eigenvalue weighted by atomic mass is 10.1. The highest BCUT2D eigenvalue weighted by Crippen LogP contribution is 2.30. The van der Waals surface area contributed by atoms with Gasteiger partial charge >= 0.3 is 5.97 Å². The lowest BCUT2D eigenvalue weighted by Gasteiger charge is -2.27. The van der Waals surface area contributed by atoms with Crippen molar-refractivity contribution in [2.45, 2.75) is 26.3 Å². The number of hydrogen-bond acceptors (Lipinski definition) is 3. The van der Waals surface area contributed by atoms with Crippen molar-refractivity contribution in [3.05, 3.63) is 94.5 Å². The van der Waals surface area contributed by atoms with E-state index in [9.17, 15) is 14.7 Å². The number of rotatable bonds is 9. The fourth-order valence-electron chi connectivity index (χ4n) is 3.28. The van der Waals surface area contributed by atoms with E-state index in [2.05, 4.69) is 29.3 Å². The Morgan fingerprint density at radius 3 is 2.29 bits per heavy atom. The van der Waals surface area contributed by atoms with Crippen molar-refractivity contribution in [3.63, 3.8) is 0 Å². The Morgan fingerprint density at radius 2 is 1.65 bits per heavy atom. The average Bonchev–Trinajstić information content (AvgIpc) is 2.77. The van der Waals surface area contributed by atoms with Crippen LogP contribution in [0.3, 0.4) is 0 Å². The summed E-state index contributed by atoms with van der Waals surface area (Å²) in [5.74, 6) is -1.37. The van der Waals surface area contributed by atoms with Crippen LogP contribution in [-0.2, 0) is 6.54 Å². The number of unbranched alkanes of at least 4 members (excludes halogenated alkanes) is 1. The van der Waals surface area contributed by atoms with Crippen molar-refractivity contribution in [1.29, 1.82) is 0 Å². The van der Waals surface area contributed by atoms with Crippen molar-refractivity contribution < 1.29 is 14.7 Å². The number of halogens is 1. The van der Waals surface area contributed by atoms with E-state index < -0.39 is 5.97 Å². The van der Waals surface area contributed by atoms with Crippen LogP contribution in [0.15, 0.2) is 72.8 Å². The topological polar surface area (TPSA) is 69.6 Å². The fourth-order valence-corrected chi connectivity index (χ4v) is 3.40. The molecule has 0 aliphatic heterocycles. The summed E-state index contributed by atoms with van der Waals surface area (Å²) in [7, 11) is 0. The summed E-state index contributed by atoms with van der Waals surface area (Å²) < 4.78 is 0. The zero-order valence-corrected chi connectivity index (χ0v) is 18.1. The van der Waals surface area contributed by atoms with Gasteiger partial charge in [-0.3, -0.25) is 4.79 Å². The summed E-state index contributed by atoms with van der Waals surface area (Å²) in [6.45, 7) is 3.55. The lowest BCUT2D eigenvalue weighted by molar-refractivity contribution is 0.0696. The van der Waals surface area contributed by atoms with Gasteiger partial charge in [0.05, 0.1) is 16.9 Å². The summed E-state index contributed by atoms with van der Waals surface area (Å²) in [5.41, 5.74) is 2.94. The van der Waals surface area contributed by atoms with E-state index >= 15 is 0 Å². The minimum absolute atomic E-state index is 0.116. The number of carboxylic acid groups (broad SMARTS) is 1. The SMILES string of the molecule is CCCCN(Cc1ccccc1)c1ccc(C(=O)O)cc1NC(=O)c1ccc(Cl)cc1. The molecule has 0 heterocycles. The molecule has 160 valence electrons. The van der Waals surface area contributed by atoms with E-state index in [1.807, 2.05) is 18.2 Å². The van der Waals surface area contributed by atoms with Gasteiger partial charge in [-0.2, -0.15) is 0 Å². The molecule has 0 aliphatic rings. The molecule has 5 nitrogen and oxygen atoms in total. The second kappa shape index (κ2) is 10.6. The predicted molar refractivity (Wildman–Crippen MR) is 125 cm³/mol. The average molecular weight is 437 g/mol. The molecule has 1 amide bonds. The Balaban J connectivity index is 1.96. The van der Waals surface area contributed by atoms with Crippen molar-refractivity contribution in [2.75, 3.05) is 16.8 Å².